The van der Waals surface area contributed by atoms with Crippen LogP contribution in [0, 0.1) is 23.7 Å². The molecule has 0 aromatic heterocycles. The van der Waals surface area contributed by atoms with Gasteiger partial charge in [0, 0.05) is 40.8 Å². The quantitative estimate of drug-likeness (QED) is 0.463. The first-order valence-corrected chi connectivity index (χ1v) is 11.6. The lowest BCUT2D eigenvalue weighted by Crippen LogP contribution is -2.49. The van der Waals surface area contributed by atoms with E-state index >= 15 is 0 Å². The van der Waals surface area contributed by atoms with Gasteiger partial charge in [0.2, 0.25) is 0 Å². The van der Waals surface area contributed by atoms with Crippen molar-refractivity contribution in [1.29, 1.82) is 0 Å². The van der Waals surface area contributed by atoms with Crippen molar-refractivity contribution in [2.24, 2.45) is 23.7 Å². The number of aliphatic hydroxyl groups excluding tert-OH is 1. The van der Waals surface area contributed by atoms with Gasteiger partial charge in [0.05, 0.1) is 18.3 Å². The molecule has 1 aliphatic heterocycles. The maximum Gasteiger partial charge on any atom is 0.184 e. The summed E-state index contributed by atoms with van der Waals surface area (Å²) >= 11 is 0. The molecule has 1 aliphatic carbocycles. The zero-order valence-electron chi connectivity index (χ0n) is 20.6. The molecule has 2 aliphatic rings. The van der Waals surface area contributed by atoms with E-state index in [1.165, 1.54) is 0 Å². The highest BCUT2D eigenvalue weighted by Crippen LogP contribution is 2.49. The molecule has 6 nitrogen and oxygen atoms in total. The third kappa shape index (κ3) is 6.62. The lowest BCUT2D eigenvalue weighted by molar-refractivity contribution is -0.256. The molecule has 180 valence electrons. The van der Waals surface area contributed by atoms with Crippen molar-refractivity contribution >= 4 is 0 Å². The van der Waals surface area contributed by atoms with Gasteiger partial charge in [-0.15, -0.1) is 0 Å². The first kappa shape index (κ1) is 26.5. The van der Waals surface area contributed by atoms with Crippen molar-refractivity contribution in [1.82, 2.24) is 0 Å². The van der Waals surface area contributed by atoms with Crippen molar-refractivity contribution in [3.05, 3.63) is 23.8 Å². The van der Waals surface area contributed by atoms with Gasteiger partial charge in [-0.2, -0.15) is 0 Å². The summed E-state index contributed by atoms with van der Waals surface area (Å²) in [7, 11) is 6.77. The summed E-state index contributed by atoms with van der Waals surface area (Å²) in [5.41, 5.74) is 1.06. The van der Waals surface area contributed by atoms with Gasteiger partial charge < -0.3 is 28.8 Å². The Balaban J connectivity index is 1.93. The van der Waals surface area contributed by atoms with Gasteiger partial charge in [0.1, 0.15) is 12.2 Å². The molecule has 0 spiro atoms. The summed E-state index contributed by atoms with van der Waals surface area (Å²) in [6, 6.07) is 0. The molecule has 1 saturated heterocycles. The second-order valence-electron chi connectivity index (χ2n) is 9.20. The molecule has 10 atom stereocenters. The average molecular weight is 441 g/mol. The van der Waals surface area contributed by atoms with Crippen LogP contribution in [0.15, 0.2) is 23.8 Å². The highest BCUT2D eigenvalue weighted by atomic mass is 16.7. The predicted molar refractivity (Wildman–Crippen MR) is 122 cm³/mol. The fourth-order valence-electron chi connectivity index (χ4n) is 5.06. The number of ether oxygens (including phenoxy) is 5. The minimum atomic E-state index is -0.415. The summed E-state index contributed by atoms with van der Waals surface area (Å²) in [4.78, 5) is 0. The number of aliphatic hydroxyl groups is 1. The highest BCUT2D eigenvalue weighted by molar-refractivity contribution is 5.18. The van der Waals surface area contributed by atoms with Crippen LogP contribution in [-0.4, -0.2) is 70.4 Å². The van der Waals surface area contributed by atoms with E-state index in [0.717, 1.165) is 18.4 Å². The van der Waals surface area contributed by atoms with Crippen molar-refractivity contribution in [2.75, 3.05) is 28.4 Å². The van der Waals surface area contributed by atoms with Crippen LogP contribution in [0.25, 0.3) is 0 Å². The Morgan fingerprint density at radius 2 is 1.71 bits per heavy atom. The van der Waals surface area contributed by atoms with Crippen LogP contribution in [-0.2, 0) is 23.7 Å². The monoisotopic (exact) mass is 440 g/mol. The molecular formula is C25H44O6. The molecule has 1 heterocycles. The van der Waals surface area contributed by atoms with Gasteiger partial charge in [-0.1, -0.05) is 39.0 Å². The van der Waals surface area contributed by atoms with Crippen LogP contribution >= 0.6 is 0 Å². The summed E-state index contributed by atoms with van der Waals surface area (Å²) < 4.78 is 28.3. The molecule has 0 aromatic carbocycles. The standard InChI is InChI=1S/C25H44O6/c1-9-20(27-5)17(4)18-13-19(18)23(26)15(2)11-10-12-16(3)24-21(28-6)14-22(29-7)25(30-8)31-24/h10-12,15,17-26H,9,13-14H2,1-8H3/b11-10+,16-12+/t15-,17-,18-,19+,20-,21+,22+,23+,24+,25+/m0/s1. The van der Waals surface area contributed by atoms with Crippen LogP contribution in [0.4, 0.5) is 0 Å². The first-order valence-electron chi connectivity index (χ1n) is 11.6. The number of allylic oxidation sites excluding steroid dienone is 2. The number of methoxy groups -OCH3 is 4. The van der Waals surface area contributed by atoms with Crippen molar-refractivity contribution < 1.29 is 28.8 Å². The summed E-state index contributed by atoms with van der Waals surface area (Å²) in [5.74, 6) is 1.47. The molecular weight excluding hydrogens is 396 g/mol. The van der Waals surface area contributed by atoms with Gasteiger partial charge in [-0.3, -0.25) is 0 Å². The molecule has 1 N–H and O–H groups in total. The fraction of sp³-hybridized carbons (Fsp3) is 0.840. The molecule has 0 aromatic rings. The second-order valence-corrected chi connectivity index (χ2v) is 9.20. The van der Waals surface area contributed by atoms with E-state index < -0.39 is 6.29 Å². The Morgan fingerprint density at radius 1 is 1.03 bits per heavy atom. The lowest BCUT2D eigenvalue weighted by Gasteiger charge is -2.39. The molecule has 31 heavy (non-hydrogen) atoms. The highest BCUT2D eigenvalue weighted by Gasteiger charge is 2.48. The molecule has 6 heteroatoms. The van der Waals surface area contributed by atoms with Crippen molar-refractivity contribution in [2.45, 2.75) is 83.8 Å². The Labute approximate surface area is 188 Å². The zero-order chi connectivity index (χ0) is 23.1. The Bertz CT molecular complexity index is 587. The van der Waals surface area contributed by atoms with Gasteiger partial charge in [-0.25, -0.2) is 0 Å². The molecule has 2 rings (SSSR count). The molecule has 0 bridgehead atoms. The molecule has 0 radical (unpaired) electrons. The molecule has 2 fully saturated rings. The van der Waals surface area contributed by atoms with E-state index in [0.29, 0.717) is 24.2 Å². The fourth-order valence-corrected chi connectivity index (χ4v) is 5.06. The predicted octanol–water partition coefficient (Wildman–Crippen LogP) is 3.97. The maximum atomic E-state index is 10.8. The average Bonchev–Trinajstić information content (AvgIpc) is 3.58. The Hall–Kier alpha value is -0.760. The first-order chi connectivity index (χ1) is 14.8. The van der Waals surface area contributed by atoms with E-state index in [2.05, 4.69) is 26.8 Å². The van der Waals surface area contributed by atoms with E-state index in [4.69, 9.17) is 23.7 Å². The third-order valence-corrected chi connectivity index (χ3v) is 7.28. The minimum absolute atomic E-state index is 0.0870. The molecule has 0 amide bonds. The van der Waals surface area contributed by atoms with E-state index in [1.54, 1.807) is 28.4 Å². The van der Waals surface area contributed by atoms with Crippen LogP contribution in [0.3, 0.4) is 0 Å². The number of rotatable bonds is 12. The van der Waals surface area contributed by atoms with Gasteiger partial charge in [0.15, 0.2) is 6.29 Å². The summed E-state index contributed by atoms with van der Waals surface area (Å²) in [6.45, 7) is 8.53. The van der Waals surface area contributed by atoms with E-state index in [-0.39, 0.29) is 36.4 Å². The van der Waals surface area contributed by atoms with Crippen LogP contribution in [0.1, 0.15) is 47.0 Å². The maximum absolute atomic E-state index is 10.8. The van der Waals surface area contributed by atoms with E-state index in [1.807, 2.05) is 19.1 Å². The van der Waals surface area contributed by atoms with Gasteiger partial charge >= 0.3 is 0 Å². The normalized spacial score (nSPS) is 35.7. The Kier molecular flexibility index (Phi) is 10.7. The minimum Gasteiger partial charge on any atom is -0.392 e. The topological polar surface area (TPSA) is 66.4 Å². The Morgan fingerprint density at radius 3 is 2.26 bits per heavy atom. The number of hydrogen-bond donors (Lipinski definition) is 1. The van der Waals surface area contributed by atoms with Crippen LogP contribution in [0.5, 0.6) is 0 Å². The van der Waals surface area contributed by atoms with Crippen molar-refractivity contribution in [3.63, 3.8) is 0 Å². The SMILES string of the molecule is CC[C@H](OC)[C@@H](C)[C@@H]1C[C@H]1[C@H](O)[C@@H](C)/C=C/C=C(\C)[C@H]1O[C@@H](OC)[C@H](OC)C[C@H]1OC. The van der Waals surface area contributed by atoms with E-state index in [9.17, 15) is 5.11 Å². The zero-order valence-corrected chi connectivity index (χ0v) is 20.6. The second kappa shape index (κ2) is 12.5. The van der Waals surface area contributed by atoms with Gasteiger partial charge in [-0.05, 0) is 43.1 Å². The van der Waals surface area contributed by atoms with Crippen LogP contribution < -0.4 is 0 Å². The summed E-state index contributed by atoms with van der Waals surface area (Å²) in [5, 5.41) is 10.8. The molecule has 0 unspecified atom stereocenters. The summed E-state index contributed by atoms with van der Waals surface area (Å²) in [6.07, 6.45) is 8.05. The smallest absolute Gasteiger partial charge is 0.184 e. The van der Waals surface area contributed by atoms with Crippen LogP contribution in [0.2, 0.25) is 0 Å². The largest absolute Gasteiger partial charge is 0.392 e. The molecule has 1 saturated carbocycles. The third-order valence-electron chi connectivity index (χ3n) is 7.28. The van der Waals surface area contributed by atoms with Gasteiger partial charge in [0.25, 0.3) is 0 Å². The number of hydrogen-bond acceptors (Lipinski definition) is 6. The van der Waals surface area contributed by atoms with Crippen molar-refractivity contribution in [3.8, 4) is 0 Å². The lowest BCUT2D eigenvalue weighted by atomic mass is 9.91.